The molecule has 4 aromatic rings. The zero-order chi connectivity index (χ0) is 22.9. The zero-order valence-electron chi connectivity index (χ0n) is 19.7. The molecule has 4 aromatic carbocycles. The minimum absolute atomic E-state index is 0.422. The predicted octanol–water partition coefficient (Wildman–Crippen LogP) is 6.67. The maximum absolute atomic E-state index is 2.53. The second-order valence-corrected chi connectivity index (χ2v) is 14.7. The predicted molar refractivity (Wildman–Crippen MR) is 151 cm³/mol. The number of rotatable bonds is 6. The Balaban J connectivity index is 1.53. The summed E-state index contributed by atoms with van der Waals surface area (Å²) in [5.41, 5.74) is 1.45. The van der Waals surface area contributed by atoms with Crippen molar-refractivity contribution >= 4 is 37.1 Å². The van der Waals surface area contributed by atoms with Crippen LogP contribution in [0.4, 0.5) is 0 Å². The van der Waals surface area contributed by atoms with Crippen molar-refractivity contribution in [2.24, 2.45) is 17.8 Å². The van der Waals surface area contributed by atoms with E-state index in [0.29, 0.717) is 0 Å². The first-order valence-electron chi connectivity index (χ1n) is 12.6. The topological polar surface area (TPSA) is 0 Å². The van der Waals surface area contributed by atoms with Gasteiger partial charge in [0.05, 0.1) is 0 Å². The Hall–Kier alpha value is -2.26. The Labute approximate surface area is 207 Å². The molecule has 2 fully saturated rings. The average Bonchev–Trinajstić information content (AvgIpc) is 3.45. The van der Waals surface area contributed by atoms with E-state index in [1.54, 1.807) is 21.2 Å². The fourth-order valence-corrected chi connectivity index (χ4v) is 14.0. The van der Waals surface area contributed by atoms with Gasteiger partial charge >= 0.3 is 0 Å². The zero-order valence-corrected chi connectivity index (χ0v) is 21.5. The second kappa shape index (κ2) is 9.77. The minimum atomic E-state index is -0.430. The molecule has 0 aromatic heterocycles. The van der Waals surface area contributed by atoms with Crippen LogP contribution in [0.1, 0.15) is 19.8 Å². The van der Waals surface area contributed by atoms with E-state index < -0.39 is 15.8 Å². The Kier molecular flexibility index (Phi) is 6.39. The molecule has 34 heavy (non-hydrogen) atoms. The lowest BCUT2D eigenvalue weighted by Gasteiger charge is -2.44. The molecule has 170 valence electrons. The Morgan fingerprint density at radius 3 is 1.21 bits per heavy atom. The van der Waals surface area contributed by atoms with Gasteiger partial charge in [0.1, 0.15) is 0 Å². The lowest BCUT2D eigenvalue weighted by molar-refractivity contribution is 0.372. The van der Waals surface area contributed by atoms with Gasteiger partial charge in [0.25, 0.3) is 0 Å². The van der Waals surface area contributed by atoms with Crippen molar-refractivity contribution in [3.63, 3.8) is 0 Å². The normalized spacial score (nSPS) is 25.8. The summed E-state index contributed by atoms with van der Waals surface area (Å²) in [6.07, 6.45) is 2.81. The van der Waals surface area contributed by atoms with E-state index in [1.807, 2.05) is 0 Å². The van der Waals surface area contributed by atoms with Crippen LogP contribution in [0.25, 0.3) is 0 Å². The summed E-state index contributed by atoms with van der Waals surface area (Å²) in [6, 6.07) is 45.9. The van der Waals surface area contributed by atoms with Gasteiger partial charge in [0.15, 0.2) is 0 Å². The molecule has 0 saturated heterocycles. The summed E-state index contributed by atoms with van der Waals surface area (Å²) in [7, 11) is -0.852. The van der Waals surface area contributed by atoms with Crippen LogP contribution >= 0.6 is 15.8 Å². The Bertz CT molecular complexity index is 1110. The van der Waals surface area contributed by atoms with Crippen LogP contribution in [0.3, 0.4) is 0 Å². The summed E-state index contributed by atoms with van der Waals surface area (Å²) in [4.78, 5) is 0. The van der Waals surface area contributed by atoms with E-state index in [1.165, 1.54) is 12.8 Å². The standard InChI is InChI=1S/C32H32P2/c1-24-22-25-23-30(24)32(34(28-18-10-4-11-19-28)29-20-12-5-13-21-29)31(25)33(26-14-6-2-7-15-26)27-16-8-3-9-17-27/h2-21,24-25,30-32H,22-23H2,1H3/t24?,25-,30-,31-,32-/m1/s1. The smallest absolute Gasteiger partial charge is 0.00215 e. The van der Waals surface area contributed by atoms with Crippen LogP contribution in [0.5, 0.6) is 0 Å². The van der Waals surface area contributed by atoms with Crippen molar-refractivity contribution < 1.29 is 0 Å². The molecule has 2 aliphatic rings. The molecule has 0 radical (unpaired) electrons. The van der Waals surface area contributed by atoms with Crippen LogP contribution in [-0.2, 0) is 0 Å². The van der Waals surface area contributed by atoms with E-state index in [9.17, 15) is 0 Å². The molecule has 0 spiro atoms. The van der Waals surface area contributed by atoms with Gasteiger partial charge in [-0.25, -0.2) is 0 Å². The third kappa shape index (κ3) is 4.06. The highest BCUT2D eigenvalue weighted by molar-refractivity contribution is 7.77. The average molecular weight is 479 g/mol. The molecule has 2 aliphatic carbocycles. The van der Waals surface area contributed by atoms with E-state index in [0.717, 1.165) is 29.1 Å². The quantitative estimate of drug-likeness (QED) is 0.272. The molecule has 0 aliphatic heterocycles. The Morgan fingerprint density at radius 1 is 0.471 bits per heavy atom. The SMILES string of the molecule is CC1C[C@@H]2C[C@H]1[C@@H](P(c1ccccc1)c1ccccc1)[C@@H]2P(c1ccccc1)c1ccccc1. The lowest BCUT2D eigenvalue weighted by atomic mass is 9.90. The van der Waals surface area contributed by atoms with Crippen LogP contribution in [0.2, 0.25) is 0 Å². The van der Waals surface area contributed by atoms with Gasteiger partial charge in [0.2, 0.25) is 0 Å². The molecule has 1 unspecified atom stereocenters. The van der Waals surface area contributed by atoms with E-state index in [4.69, 9.17) is 0 Å². The van der Waals surface area contributed by atoms with Crippen molar-refractivity contribution in [1.82, 2.24) is 0 Å². The van der Waals surface area contributed by atoms with Gasteiger partial charge in [-0.15, -0.1) is 0 Å². The molecule has 0 nitrogen and oxygen atoms in total. The van der Waals surface area contributed by atoms with Crippen LogP contribution in [0, 0.1) is 17.8 Å². The summed E-state index contributed by atoms with van der Waals surface area (Å²) in [5, 5.41) is 6.20. The highest BCUT2D eigenvalue weighted by Gasteiger charge is 2.56. The largest absolute Gasteiger partial charge is 0.0622 e. The lowest BCUT2D eigenvalue weighted by Crippen LogP contribution is -2.41. The van der Waals surface area contributed by atoms with Crippen LogP contribution in [-0.4, -0.2) is 11.3 Å². The van der Waals surface area contributed by atoms with Gasteiger partial charge in [0, 0.05) is 0 Å². The van der Waals surface area contributed by atoms with Crippen LogP contribution < -0.4 is 21.2 Å². The molecule has 0 N–H and O–H groups in total. The molecule has 6 rings (SSSR count). The van der Waals surface area contributed by atoms with E-state index >= 15 is 0 Å². The number of hydrogen-bond acceptors (Lipinski definition) is 0. The minimum Gasteiger partial charge on any atom is -0.0622 e. The van der Waals surface area contributed by atoms with E-state index in [2.05, 4.69) is 128 Å². The Morgan fingerprint density at radius 2 is 0.824 bits per heavy atom. The molecule has 0 heterocycles. The monoisotopic (exact) mass is 478 g/mol. The van der Waals surface area contributed by atoms with Gasteiger partial charge in [-0.3, -0.25) is 0 Å². The fourth-order valence-electron chi connectivity index (χ4n) is 6.67. The summed E-state index contributed by atoms with van der Waals surface area (Å²) < 4.78 is 0. The highest BCUT2D eigenvalue weighted by Crippen LogP contribution is 2.67. The van der Waals surface area contributed by atoms with Gasteiger partial charge in [-0.05, 0) is 79.0 Å². The van der Waals surface area contributed by atoms with Crippen molar-refractivity contribution in [3.05, 3.63) is 121 Å². The molecule has 2 saturated carbocycles. The van der Waals surface area contributed by atoms with Crippen molar-refractivity contribution in [2.75, 3.05) is 0 Å². The van der Waals surface area contributed by atoms with Gasteiger partial charge in [-0.2, -0.15) is 0 Å². The van der Waals surface area contributed by atoms with Crippen molar-refractivity contribution in [3.8, 4) is 0 Å². The maximum atomic E-state index is 2.53. The van der Waals surface area contributed by atoms with Crippen molar-refractivity contribution in [2.45, 2.75) is 31.1 Å². The van der Waals surface area contributed by atoms with Crippen LogP contribution in [0.15, 0.2) is 121 Å². The molecular weight excluding hydrogens is 446 g/mol. The second-order valence-electron chi connectivity index (χ2n) is 9.94. The molecular formula is C32H32P2. The first kappa shape index (κ1) is 22.2. The highest BCUT2D eigenvalue weighted by atomic mass is 31.1. The summed E-state index contributed by atoms with van der Waals surface area (Å²) in [6.45, 7) is 2.53. The van der Waals surface area contributed by atoms with Gasteiger partial charge in [-0.1, -0.05) is 128 Å². The summed E-state index contributed by atoms with van der Waals surface area (Å²) in [5.74, 6) is 2.47. The molecule has 0 amide bonds. The first-order valence-corrected chi connectivity index (χ1v) is 15.4. The number of fused-ring (bicyclic) bond motifs is 2. The third-order valence-electron chi connectivity index (χ3n) is 7.99. The number of hydrogen-bond donors (Lipinski definition) is 0. The maximum Gasteiger partial charge on any atom is -0.00215 e. The van der Waals surface area contributed by atoms with Gasteiger partial charge < -0.3 is 0 Å². The molecule has 2 heteroatoms. The fraction of sp³-hybridized carbons (Fsp3) is 0.250. The summed E-state index contributed by atoms with van der Waals surface area (Å²) >= 11 is 0. The van der Waals surface area contributed by atoms with Crippen molar-refractivity contribution in [1.29, 1.82) is 0 Å². The molecule has 5 atom stereocenters. The molecule has 2 bridgehead atoms. The number of benzene rings is 4. The van der Waals surface area contributed by atoms with E-state index in [-0.39, 0.29) is 0 Å². The third-order valence-corrected chi connectivity index (χ3v) is 14.3. The first-order chi connectivity index (χ1) is 16.8.